The van der Waals surface area contributed by atoms with Crippen molar-refractivity contribution in [1.29, 1.82) is 0 Å². The molecule has 164 valence electrons. The minimum Gasteiger partial charge on any atom is -0.300 e. The predicted octanol–water partition coefficient (Wildman–Crippen LogP) is 8.49. The minimum absolute atomic E-state index is 0.174. The lowest BCUT2D eigenvalue weighted by Gasteiger charge is -2.18. The van der Waals surface area contributed by atoms with Crippen LogP contribution in [0.1, 0.15) is 98.1 Å². The van der Waals surface area contributed by atoms with E-state index >= 15 is 0 Å². The minimum atomic E-state index is -0.240. The number of rotatable bonds is 5. The van der Waals surface area contributed by atoms with Gasteiger partial charge in [-0.2, -0.15) is 0 Å². The van der Waals surface area contributed by atoms with E-state index in [0.717, 1.165) is 29.3 Å². The third kappa shape index (κ3) is 11.7. The molecule has 2 rings (SSSR count). The Bertz CT molecular complexity index is 679. The maximum Gasteiger partial charge on any atom is 0.133 e. The largest absolute Gasteiger partial charge is 0.300 e. The van der Waals surface area contributed by atoms with E-state index in [0.29, 0.717) is 24.2 Å². The van der Waals surface area contributed by atoms with Gasteiger partial charge >= 0.3 is 0 Å². The molecule has 0 atom stereocenters. The Labute approximate surface area is 178 Å². The molecular formula is C26H42FNO. The molecule has 0 radical (unpaired) electrons. The fraction of sp³-hybridized carbons (Fsp3) is 0.615. The maximum absolute atomic E-state index is 13.3. The molecule has 1 aliphatic carbocycles. The van der Waals surface area contributed by atoms with Crippen molar-refractivity contribution in [2.75, 3.05) is 0 Å². The SMILES string of the molecule is C=Cc1c(F)ccc(N=C(C)CC)c1C.CC1CCC1.CCC(=O)CC(C)(C)C. The standard InChI is InChI=1S/C13H16FN.C8H16O.C5H10/c1-5-9(3)15-13-8-7-12(14)11(6-2)10(13)4;1-5-7(9)6-8(2,3)4;1-5-3-2-4-5/h6-8H,2,5H2,1,3-4H3;5-6H2,1-4H3;5H,2-4H2,1H3. The van der Waals surface area contributed by atoms with Crippen molar-refractivity contribution in [3.63, 3.8) is 0 Å². The van der Waals surface area contributed by atoms with Crippen molar-refractivity contribution < 1.29 is 9.18 Å². The third-order valence-electron chi connectivity index (χ3n) is 4.98. The van der Waals surface area contributed by atoms with Crippen LogP contribution >= 0.6 is 0 Å². The highest BCUT2D eigenvalue weighted by Crippen LogP contribution is 2.26. The van der Waals surface area contributed by atoms with Crippen LogP contribution < -0.4 is 0 Å². The first-order valence-corrected chi connectivity index (χ1v) is 10.9. The fourth-order valence-corrected chi connectivity index (χ4v) is 2.67. The maximum atomic E-state index is 13.3. The molecule has 0 aliphatic heterocycles. The second-order valence-corrected chi connectivity index (χ2v) is 9.18. The van der Waals surface area contributed by atoms with Gasteiger partial charge in [0.1, 0.15) is 11.6 Å². The summed E-state index contributed by atoms with van der Waals surface area (Å²) in [6, 6.07) is 3.14. The topological polar surface area (TPSA) is 29.4 Å². The lowest BCUT2D eigenvalue weighted by atomic mass is 9.88. The zero-order valence-electron chi connectivity index (χ0n) is 20.0. The molecule has 0 aromatic heterocycles. The molecular weight excluding hydrogens is 361 g/mol. The molecule has 2 nitrogen and oxygen atoms in total. The van der Waals surface area contributed by atoms with Crippen LogP contribution in [0, 0.1) is 24.1 Å². The summed E-state index contributed by atoms with van der Waals surface area (Å²) >= 11 is 0. The van der Waals surface area contributed by atoms with E-state index in [1.807, 2.05) is 27.7 Å². The van der Waals surface area contributed by atoms with Gasteiger partial charge in [0.05, 0.1) is 5.69 Å². The molecule has 1 aliphatic rings. The van der Waals surface area contributed by atoms with E-state index in [2.05, 4.69) is 39.3 Å². The first kappa shape index (κ1) is 27.2. The van der Waals surface area contributed by atoms with Gasteiger partial charge in [-0.15, -0.1) is 0 Å². The molecule has 1 aromatic rings. The Kier molecular flexibility index (Phi) is 12.6. The summed E-state index contributed by atoms with van der Waals surface area (Å²) in [5.41, 5.74) is 3.43. The first-order chi connectivity index (χ1) is 13.4. The molecule has 0 saturated heterocycles. The number of hydrogen-bond donors (Lipinski definition) is 0. The van der Waals surface area contributed by atoms with Crippen molar-refractivity contribution in [3.05, 3.63) is 35.7 Å². The summed E-state index contributed by atoms with van der Waals surface area (Å²) in [5, 5.41) is 0. The molecule has 1 saturated carbocycles. The fourth-order valence-electron chi connectivity index (χ4n) is 2.67. The zero-order chi connectivity index (χ0) is 22.6. The van der Waals surface area contributed by atoms with Crippen LogP contribution in [0.25, 0.3) is 6.08 Å². The second-order valence-electron chi connectivity index (χ2n) is 9.18. The summed E-state index contributed by atoms with van der Waals surface area (Å²) in [7, 11) is 0. The van der Waals surface area contributed by atoms with Gasteiger partial charge in [0.15, 0.2) is 0 Å². The van der Waals surface area contributed by atoms with E-state index in [9.17, 15) is 9.18 Å². The van der Waals surface area contributed by atoms with Crippen LogP contribution in [-0.2, 0) is 4.79 Å². The number of benzene rings is 1. The van der Waals surface area contributed by atoms with E-state index in [4.69, 9.17) is 0 Å². The van der Waals surface area contributed by atoms with Crippen LogP contribution in [0.5, 0.6) is 0 Å². The van der Waals surface area contributed by atoms with Gasteiger partial charge in [-0.25, -0.2) is 4.39 Å². The van der Waals surface area contributed by atoms with Gasteiger partial charge < -0.3 is 0 Å². The quantitative estimate of drug-likeness (QED) is 0.453. The van der Waals surface area contributed by atoms with Gasteiger partial charge in [0.2, 0.25) is 0 Å². The molecule has 0 heterocycles. The predicted molar refractivity (Wildman–Crippen MR) is 127 cm³/mol. The molecule has 0 spiro atoms. The lowest BCUT2D eigenvalue weighted by molar-refractivity contribution is -0.120. The number of nitrogens with zero attached hydrogens (tertiary/aromatic N) is 1. The Hall–Kier alpha value is -1.77. The molecule has 0 unspecified atom stereocenters. The van der Waals surface area contributed by atoms with E-state index < -0.39 is 0 Å². The highest BCUT2D eigenvalue weighted by Gasteiger charge is 2.13. The van der Waals surface area contributed by atoms with Crippen LogP contribution in [0.4, 0.5) is 10.1 Å². The number of hydrogen-bond acceptors (Lipinski definition) is 2. The van der Waals surface area contributed by atoms with Gasteiger partial charge in [-0.3, -0.25) is 9.79 Å². The normalized spacial score (nSPS) is 14.0. The third-order valence-corrected chi connectivity index (χ3v) is 4.98. The Balaban J connectivity index is 0.000000470. The van der Waals surface area contributed by atoms with Crippen LogP contribution in [-0.4, -0.2) is 11.5 Å². The first-order valence-electron chi connectivity index (χ1n) is 10.9. The van der Waals surface area contributed by atoms with Gasteiger partial charge in [-0.05, 0) is 49.3 Å². The zero-order valence-corrected chi connectivity index (χ0v) is 20.0. The summed E-state index contributed by atoms with van der Waals surface area (Å²) in [4.78, 5) is 15.3. The number of Topliss-reactive ketones (excluding diaryl/α,β-unsaturated/α-hetero) is 1. The highest BCUT2D eigenvalue weighted by molar-refractivity contribution is 5.85. The van der Waals surface area contributed by atoms with Crippen molar-refractivity contribution in [1.82, 2.24) is 0 Å². The number of ketones is 1. The summed E-state index contributed by atoms with van der Waals surface area (Å²) in [6.07, 6.45) is 8.28. The second kappa shape index (κ2) is 13.5. The van der Waals surface area contributed by atoms with Crippen LogP contribution in [0.15, 0.2) is 23.7 Å². The van der Waals surface area contributed by atoms with E-state index in [-0.39, 0.29) is 11.2 Å². The summed E-state index contributed by atoms with van der Waals surface area (Å²) < 4.78 is 13.3. The number of halogens is 1. The van der Waals surface area contributed by atoms with Crippen LogP contribution in [0.2, 0.25) is 0 Å². The van der Waals surface area contributed by atoms with Crippen molar-refractivity contribution in [3.8, 4) is 0 Å². The molecule has 0 bridgehead atoms. The van der Waals surface area contributed by atoms with Gasteiger partial charge in [-0.1, -0.05) is 73.5 Å². The highest BCUT2D eigenvalue weighted by atomic mass is 19.1. The van der Waals surface area contributed by atoms with Gasteiger partial charge in [0.25, 0.3) is 0 Å². The average Bonchev–Trinajstić information content (AvgIpc) is 2.62. The van der Waals surface area contributed by atoms with Crippen LogP contribution in [0.3, 0.4) is 0 Å². The summed E-state index contributed by atoms with van der Waals surface area (Å²) in [6.45, 7) is 20.0. The number of aliphatic imine (C=N–C) groups is 1. The molecule has 1 aromatic carbocycles. The van der Waals surface area contributed by atoms with Crippen molar-refractivity contribution >= 4 is 23.3 Å². The van der Waals surface area contributed by atoms with Gasteiger partial charge in [0, 0.05) is 24.1 Å². The van der Waals surface area contributed by atoms with Crippen molar-refractivity contribution in [2.24, 2.45) is 16.3 Å². The smallest absolute Gasteiger partial charge is 0.133 e. The van der Waals surface area contributed by atoms with Crippen molar-refractivity contribution in [2.45, 2.75) is 93.9 Å². The Morgan fingerprint density at radius 1 is 1.24 bits per heavy atom. The lowest BCUT2D eigenvalue weighted by Crippen LogP contribution is -2.11. The molecule has 29 heavy (non-hydrogen) atoms. The van der Waals surface area contributed by atoms with E-state index in [1.165, 1.54) is 31.4 Å². The Morgan fingerprint density at radius 2 is 1.79 bits per heavy atom. The molecule has 0 amide bonds. The monoisotopic (exact) mass is 403 g/mol. The summed E-state index contributed by atoms with van der Waals surface area (Å²) in [5.74, 6) is 1.19. The Morgan fingerprint density at radius 3 is 2.10 bits per heavy atom. The number of carbonyl (C=O) groups is 1. The average molecular weight is 404 g/mol. The molecule has 1 fully saturated rings. The number of carbonyl (C=O) groups excluding carboxylic acids is 1. The molecule has 0 N–H and O–H groups in total. The molecule has 3 heteroatoms. The van der Waals surface area contributed by atoms with E-state index in [1.54, 1.807) is 6.07 Å².